The van der Waals surface area contributed by atoms with Crippen LogP contribution in [0.25, 0.3) is 0 Å². The van der Waals surface area contributed by atoms with Crippen LogP contribution >= 0.6 is 7.92 Å². The second-order valence-electron chi connectivity index (χ2n) is 5.87. The van der Waals surface area contributed by atoms with E-state index in [1.807, 2.05) is 0 Å². The Labute approximate surface area is 124 Å². The summed E-state index contributed by atoms with van der Waals surface area (Å²) in [6.07, 6.45) is 0. The molecular weight excluding hydrogens is 279 g/mol. The molecule has 0 radical (unpaired) electrons. The first kappa shape index (κ1) is 15.4. The van der Waals surface area contributed by atoms with Gasteiger partial charge in [0.2, 0.25) is 0 Å². The third kappa shape index (κ3) is 4.27. The Balaban J connectivity index is 2.35. The third-order valence-electron chi connectivity index (χ3n) is 2.96. The van der Waals surface area contributed by atoms with E-state index in [1.54, 1.807) is 0 Å². The fraction of sp³-hybridized carbons (Fsp3) is 0.294. The Bertz CT molecular complexity index is 482. The first-order valence-electron chi connectivity index (χ1n) is 7.04. The van der Waals surface area contributed by atoms with E-state index in [0.29, 0.717) is 0 Å². The molecule has 0 aliphatic carbocycles. The van der Waals surface area contributed by atoms with E-state index in [9.17, 15) is 0 Å². The molecule has 0 amide bonds. The lowest BCUT2D eigenvalue weighted by Gasteiger charge is -2.31. The second kappa shape index (κ2) is 6.67. The van der Waals surface area contributed by atoms with Gasteiger partial charge in [0.15, 0.2) is 8.32 Å². The standard InChI is InChI=1S/C17H23OPSi/c1-15(18-20(2,3)4)19(16-11-7-5-8-12-16)17-13-9-6-10-14-17/h5-15H,1-4H3. The molecule has 2 aromatic carbocycles. The van der Waals surface area contributed by atoms with E-state index in [1.165, 1.54) is 10.6 Å². The summed E-state index contributed by atoms with van der Waals surface area (Å²) in [6.45, 7) is 9.00. The summed E-state index contributed by atoms with van der Waals surface area (Å²) in [6, 6.07) is 21.5. The molecule has 0 saturated heterocycles. The van der Waals surface area contributed by atoms with Crippen LogP contribution in [0.1, 0.15) is 6.92 Å². The molecule has 0 saturated carbocycles. The number of hydrogen-bond donors (Lipinski definition) is 0. The van der Waals surface area contributed by atoms with Crippen molar-refractivity contribution in [1.82, 2.24) is 0 Å². The Morgan fingerprint density at radius 2 is 1.20 bits per heavy atom. The molecule has 0 N–H and O–H groups in total. The zero-order valence-electron chi connectivity index (χ0n) is 12.7. The van der Waals surface area contributed by atoms with Crippen LogP contribution in [0.2, 0.25) is 19.6 Å². The Morgan fingerprint density at radius 3 is 1.55 bits per heavy atom. The molecule has 106 valence electrons. The van der Waals surface area contributed by atoms with Crippen molar-refractivity contribution < 1.29 is 4.43 Å². The second-order valence-corrected chi connectivity index (χ2v) is 12.8. The third-order valence-corrected chi connectivity index (χ3v) is 6.76. The highest BCUT2D eigenvalue weighted by atomic mass is 31.1. The highest BCUT2D eigenvalue weighted by Crippen LogP contribution is 2.40. The highest BCUT2D eigenvalue weighted by Gasteiger charge is 2.26. The predicted octanol–water partition coefficient (Wildman–Crippen LogP) is 4.32. The van der Waals surface area contributed by atoms with Crippen molar-refractivity contribution in [3.63, 3.8) is 0 Å². The molecule has 3 heteroatoms. The van der Waals surface area contributed by atoms with Crippen molar-refractivity contribution in [2.75, 3.05) is 0 Å². The van der Waals surface area contributed by atoms with Crippen LogP contribution in [0, 0.1) is 0 Å². The van der Waals surface area contributed by atoms with Crippen LogP contribution in [0.3, 0.4) is 0 Å². The lowest BCUT2D eigenvalue weighted by atomic mass is 10.4. The van der Waals surface area contributed by atoms with Gasteiger partial charge < -0.3 is 4.43 Å². The van der Waals surface area contributed by atoms with Crippen LogP contribution in [-0.4, -0.2) is 14.2 Å². The van der Waals surface area contributed by atoms with E-state index in [2.05, 4.69) is 87.2 Å². The van der Waals surface area contributed by atoms with Crippen LogP contribution in [0.15, 0.2) is 60.7 Å². The van der Waals surface area contributed by atoms with E-state index in [-0.39, 0.29) is 5.85 Å². The van der Waals surface area contributed by atoms with Crippen LogP contribution in [0.4, 0.5) is 0 Å². The molecule has 0 aliphatic rings. The molecule has 20 heavy (non-hydrogen) atoms. The summed E-state index contributed by atoms with van der Waals surface area (Å²) in [7, 11) is -2.00. The van der Waals surface area contributed by atoms with Crippen molar-refractivity contribution >= 4 is 26.8 Å². The number of hydrogen-bond acceptors (Lipinski definition) is 1. The molecule has 0 heterocycles. The van der Waals surface area contributed by atoms with Crippen molar-refractivity contribution in [1.29, 1.82) is 0 Å². The van der Waals surface area contributed by atoms with Crippen LogP contribution in [-0.2, 0) is 4.43 Å². The van der Waals surface area contributed by atoms with E-state index in [4.69, 9.17) is 4.43 Å². The van der Waals surface area contributed by atoms with E-state index >= 15 is 0 Å². The van der Waals surface area contributed by atoms with Gasteiger partial charge in [-0.25, -0.2) is 0 Å². The first-order valence-corrected chi connectivity index (χ1v) is 11.9. The van der Waals surface area contributed by atoms with Gasteiger partial charge in [-0.3, -0.25) is 0 Å². The van der Waals surface area contributed by atoms with Crippen molar-refractivity contribution in [3.05, 3.63) is 60.7 Å². The van der Waals surface area contributed by atoms with Gasteiger partial charge in [-0.2, -0.15) is 0 Å². The molecule has 0 fully saturated rings. The predicted molar refractivity (Wildman–Crippen MR) is 93.0 cm³/mol. The van der Waals surface area contributed by atoms with Gasteiger partial charge in [-0.1, -0.05) is 60.7 Å². The zero-order chi connectivity index (χ0) is 14.6. The maximum atomic E-state index is 6.38. The molecule has 0 spiro atoms. The monoisotopic (exact) mass is 302 g/mol. The summed E-state index contributed by atoms with van der Waals surface area (Å²) in [5.41, 5.74) is 0. The van der Waals surface area contributed by atoms with Gasteiger partial charge in [0, 0.05) is 0 Å². The molecule has 1 unspecified atom stereocenters. The molecule has 0 aromatic heterocycles. The van der Waals surface area contributed by atoms with Crippen molar-refractivity contribution in [2.24, 2.45) is 0 Å². The van der Waals surface area contributed by atoms with Crippen molar-refractivity contribution in [2.45, 2.75) is 32.4 Å². The van der Waals surface area contributed by atoms with Gasteiger partial charge in [-0.15, -0.1) is 0 Å². The van der Waals surface area contributed by atoms with Gasteiger partial charge in [0.05, 0.1) is 5.85 Å². The Morgan fingerprint density at radius 1 is 0.800 bits per heavy atom. The average molecular weight is 302 g/mol. The molecular formula is C17H23OPSi. The van der Waals surface area contributed by atoms with Gasteiger partial charge in [-0.05, 0) is 45.1 Å². The number of benzene rings is 2. The summed E-state index contributed by atoms with van der Waals surface area (Å²) < 4.78 is 6.38. The topological polar surface area (TPSA) is 9.23 Å². The smallest absolute Gasteiger partial charge is 0.184 e. The molecule has 1 nitrogen and oxygen atoms in total. The maximum Gasteiger partial charge on any atom is 0.184 e. The SMILES string of the molecule is CC(O[Si](C)(C)C)P(c1ccccc1)c1ccccc1. The summed E-state index contributed by atoms with van der Waals surface area (Å²) in [5, 5.41) is 2.78. The van der Waals surface area contributed by atoms with E-state index in [0.717, 1.165) is 0 Å². The number of rotatable bonds is 5. The lowest BCUT2D eigenvalue weighted by molar-refractivity contribution is 0.297. The molecule has 2 rings (SSSR count). The maximum absolute atomic E-state index is 6.38. The summed E-state index contributed by atoms with van der Waals surface area (Å²) >= 11 is 0. The minimum absolute atomic E-state index is 0.251. The van der Waals surface area contributed by atoms with Gasteiger partial charge >= 0.3 is 0 Å². The van der Waals surface area contributed by atoms with Gasteiger partial charge in [0.25, 0.3) is 0 Å². The molecule has 2 aromatic rings. The quantitative estimate of drug-likeness (QED) is 0.590. The minimum atomic E-state index is -1.53. The molecule has 1 atom stereocenters. The fourth-order valence-corrected chi connectivity index (χ4v) is 6.83. The Kier molecular flexibility index (Phi) is 5.15. The normalized spacial score (nSPS) is 13.4. The summed E-state index contributed by atoms with van der Waals surface area (Å²) in [4.78, 5) is 0. The van der Waals surface area contributed by atoms with Crippen LogP contribution in [0.5, 0.6) is 0 Å². The highest BCUT2D eigenvalue weighted by molar-refractivity contribution is 7.73. The lowest BCUT2D eigenvalue weighted by Crippen LogP contribution is -2.33. The van der Waals surface area contributed by atoms with Crippen molar-refractivity contribution in [3.8, 4) is 0 Å². The summed E-state index contributed by atoms with van der Waals surface area (Å²) in [5.74, 6) is 0.251. The first-order chi connectivity index (χ1) is 9.47. The zero-order valence-corrected chi connectivity index (χ0v) is 14.6. The Hall–Kier alpha value is -0.953. The van der Waals surface area contributed by atoms with Gasteiger partial charge in [0.1, 0.15) is 0 Å². The fourth-order valence-electron chi connectivity index (χ4n) is 2.31. The van der Waals surface area contributed by atoms with E-state index < -0.39 is 16.2 Å². The molecule has 0 aliphatic heterocycles. The average Bonchev–Trinajstić information content (AvgIpc) is 2.39. The largest absolute Gasteiger partial charge is 0.411 e. The molecule has 0 bridgehead atoms. The minimum Gasteiger partial charge on any atom is -0.411 e. The van der Waals surface area contributed by atoms with Crippen LogP contribution < -0.4 is 10.6 Å².